The molecule has 0 bridgehead atoms. The Morgan fingerprint density at radius 3 is 2.61 bits per heavy atom. The van der Waals surface area contributed by atoms with Crippen LogP contribution in [-0.2, 0) is 0 Å². The van der Waals surface area contributed by atoms with E-state index < -0.39 is 0 Å². The summed E-state index contributed by atoms with van der Waals surface area (Å²) in [6.45, 7) is 4.64. The van der Waals surface area contributed by atoms with Gasteiger partial charge in [-0.3, -0.25) is 4.90 Å². The van der Waals surface area contributed by atoms with Gasteiger partial charge < -0.3 is 5.11 Å². The largest absolute Gasteiger partial charge is 0.392 e. The van der Waals surface area contributed by atoms with Crippen molar-refractivity contribution in [1.82, 2.24) is 4.90 Å². The molecule has 2 rings (SSSR count). The Balaban J connectivity index is 2.13. The topological polar surface area (TPSA) is 23.5 Å². The van der Waals surface area contributed by atoms with Gasteiger partial charge in [0.2, 0.25) is 0 Å². The first-order valence-electron chi connectivity index (χ1n) is 6.81. The SMILES string of the molecule is CCC(O)CN(C1CC1)C(C)c1ccccc1F. The predicted molar refractivity (Wildman–Crippen MR) is 70.8 cm³/mol. The fourth-order valence-corrected chi connectivity index (χ4v) is 2.39. The standard InChI is InChI=1S/C15H22FNO/c1-3-13(18)10-17(12-8-9-12)11(2)14-6-4-5-7-15(14)16/h4-7,11-13,18H,3,8-10H2,1-2H3. The number of rotatable bonds is 6. The smallest absolute Gasteiger partial charge is 0.127 e. The molecule has 0 amide bonds. The normalized spacial score (nSPS) is 18.9. The third-order valence-corrected chi connectivity index (χ3v) is 3.76. The van der Waals surface area contributed by atoms with Crippen molar-refractivity contribution in [2.45, 2.75) is 51.3 Å². The molecule has 1 aliphatic carbocycles. The van der Waals surface area contributed by atoms with Gasteiger partial charge in [0.15, 0.2) is 0 Å². The summed E-state index contributed by atoms with van der Waals surface area (Å²) in [6, 6.07) is 7.48. The summed E-state index contributed by atoms with van der Waals surface area (Å²) in [7, 11) is 0. The van der Waals surface area contributed by atoms with Gasteiger partial charge in [-0.1, -0.05) is 25.1 Å². The molecule has 1 N–H and O–H groups in total. The van der Waals surface area contributed by atoms with Crippen molar-refractivity contribution < 1.29 is 9.50 Å². The van der Waals surface area contributed by atoms with Gasteiger partial charge in [-0.15, -0.1) is 0 Å². The van der Waals surface area contributed by atoms with Crippen LogP contribution in [0, 0.1) is 5.82 Å². The van der Waals surface area contributed by atoms with E-state index in [2.05, 4.69) is 4.90 Å². The lowest BCUT2D eigenvalue weighted by molar-refractivity contribution is 0.0820. The minimum atomic E-state index is -0.320. The van der Waals surface area contributed by atoms with E-state index in [1.165, 1.54) is 6.07 Å². The molecule has 1 aromatic rings. The van der Waals surface area contributed by atoms with Gasteiger partial charge in [-0.25, -0.2) is 4.39 Å². The van der Waals surface area contributed by atoms with E-state index in [-0.39, 0.29) is 18.0 Å². The van der Waals surface area contributed by atoms with Crippen LogP contribution in [0.2, 0.25) is 0 Å². The van der Waals surface area contributed by atoms with Crippen molar-refractivity contribution in [3.63, 3.8) is 0 Å². The van der Waals surface area contributed by atoms with E-state index in [9.17, 15) is 9.50 Å². The maximum atomic E-state index is 13.8. The second kappa shape index (κ2) is 5.81. The molecule has 0 radical (unpaired) electrons. The number of aliphatic hydroxyl groups excluding tert-OH is 1. The minimum absolute atomic E-state index is 0.0277. The van der Waals surface area contributed by atoms with Crippen LogP contribution in [-0.4, -0.2) is 28.7 Å². The van der Waals surface area contributed by atoms with Crippen LogP contribution in [0.4, 0.5) is 4.39 Å². The Bertz CT molecular complexity index is 392. The summed E-state index contributed by atoms with van der Waals surface area (Å²) in [5.41, 5.74) is 0.729. The fraction of sp³-hybridized carbons (Fsp3) is 0.600. The number of benzene rings is 1. The van der Waals surface area contributed by atoms with Gasteiger partial charge in [0, 0.05) is 24.2 Å². The third-order valence-electron chi connectivity index (χ3n) is 3.76. The van der Waals surface area contributed by atoms with Gasteiger partial charge in [-0.05, 0) is 32.3 Å². The van der Waals surface area contributed by atoms with Crippen molar-refractivity contribution in [3.8, 4) is 0 Å². The van der Waals surface area contributed by atoms with Crippen LogP contribution in [0.25, 0.3) is 0 Å². The molecular formula is C15H22FNO. The van der Waals surface area contributed by atoms with Gasteiger partial charge in [-0.2, -0.15) is 0 Å². The van der Waals surface area contributed by atoms with Crippen molar-refractivity contribution in [3.05, 3.63) is 35.6 Å². The Morgan fingerprint density at radius 2 is 2.06 bits per heavy atom. The van der Waals surface area contributed by atoms with Gasteiger partial charge in [0.1, 0.15) is 5.82 Å². The zero-order chi connectivity index (χ0) is 13.1. The average Bonchev–Trinajstić information content (AvgIpc) is 3.19. The second-order valence-corrected chi connectivity index (χ2v) is 5.19. The number of nitrogens with zero attached hydrogens (tertiary/aromatic N) is 1. The lowest BCUT2D eigenvalue weighted by Crippen LogP contribution is -2.36. The van der Waals surface area contributed by atoms with Crippen molar-refractivity contribution in [2.75, 3.05) is 6.54 Å². The summed E-state index contributed by atoms with van der Waals surface area (Å²) >= 11 is 0. The number of aliphatic hydroxyl groups is 1. The Kier molecular flexibility index (Phi) is 4.36. The van der Waals surface area contributed by atoms with E-state index in [0.717, 1.165) is 24.8 Å². The predicted octanol–water partition coefficient (Wildman–Crippen LogP) is 3.12. The lowest BCUT2D eigenvalue weighted by Gasteiger charge is -2.31. The molecule has 18 heavy (non-hydrogen) atoms. The van der Waals surface area contributed by atoms with Crippen molar-refractivity contribution >= 4 is 0 Å². The minimum Gasteiger partial charge on any atom is -0.392 e. The molecule has 2 nitrogen and oxygen atoms in total. The highest BCUT2D eigenvalue weighted by Gasteiger charge is 2.34. The molecule has 1 aliphatic rings. The first-order chi connectivity index (χ1) is 8.63. The van der Waals surface area contributed by atoms with Gasteiger partial charge in [0.25, 0.3) is 0 Å². The highest BCUT2D eigenvalue weighted by atomic mass is 19.1. The molecule has 2 atom stereocenters. The Hall–Kier alpha value is -0.930. The van der Waals surface area contributed by atoms with Crippen LogP contribution in [0.1, 0.15) is 44.7 Å². The summed E-state index contributed by atoms with van der Waals surface area (Å²) < 4.78 is 13.8. The average molecular weight is 251 g/mol. The molecule has 2 unspecified atom stereocenters. The van der Waals surface area contributed by atoms with Crippen LogP contribution in [0.5, 0.6) is 0 Å². The molecule has 100 valence electrons. The molecule has 3 heteroatoms. The quantitative estimate of drug-likeness (QED) is 0.839. The summed E-state index contributed by atoms with van der Waals surface area (Å²) in [4.78, 5) is 2.24. The maximum Gasteiger partial charge on any atom is 0.127 e. The van der Waals surface area contributed by atoms with Crippen molar-refractivity contribution in [2.24, 2.45) is 0 Å². The van der Waals surface area contributed by atoms with E-state index in [1.54, 1.807) is 6.07 Å². The van der Waals surface area contributed by atoms with Crippen LogP contribution >= 0.6 is 0 Å². The van der Waals surface area contributed by atoms with E-state index >= 15 is 0 Å². The highest BCUT2D eigenvalue weighted by molar-refractivity contribution is 5.21. The first-order valence-corrected chi connectivity index (χ1v) is 6.81. The van der Waals surface area contributed by atoms with Gasteiger partial charge in [0.05, 0.1) is 6.10 Å². The van der Waals surface area contributed by atoms with Crippen molar-refractivity contribution in [1.29, 1.82) is 0 Å². The molecule has 1 fully saturated rings. The molecule has 1 saturated carbocycles. The molecule has 0 aliphatic heterocycles. The highest BCUT2D eigenvalue weighted by Crippen LogP contribution is 2.35. The Labute approximate surface area is 108 Å². The second-order valence-electron chi connectivity index (χ2n) is 5.19. The fourth-order valence-electron chi connectivity index (χ4n) is 2.39. The number of hydrogen-bond acceptors (Lipinski definition) is 2. The molecule has 0 aromatic heterocycles. The van der Waals surface area contributed by atoms with E-state index in [0.29, 0.717) is 12.6 Å². The molecule has 0 heterocycles. The lowest BCUT2D eigenvalue weighted by atomic mass is 10.1. The van der Waals surface area contributed by atoms with E-state index in [1.807, 2.05) is 26.0 Å². The Morgan fingerprint density at radius 1 is 1.39 bits per heavy atom. The van der Waals surface area contributed by atoms with Crippen LogP contribution in [0.15, 0.2) is 24.3 Å². The number of halogens is 1. The maximum absolute atomic E-state index is 13.8. The summed E-state index contributed by atoms with van der Waals surface area (Å²) in [6.07, 6.45) is 2.75. The third kappa shape index (κ3) is 3.09. The first kappa shape index (κ1) is 13.5. The number of hydrogen-bond donors (Lipinski definition) is 1. The molecule has 0 spiro atoms. The van der Waals surface area contributed by atoms with Crippen LogP contribution < -0.4 is 0 Å². The summed E-state index contributed by atoms with van der Waals surface area (Å²) in [5.74, 6) is -0.151. The zero-order valence-electron chi connectivity index (χ0n) is 11.1. The molecule has 0 saturated heterocycles. The van der Waals surface area contributed by atoms with Gasteiger partial charge >= 0.3 is 0 Å². The van der Waals surface area contributed by atoms with E-state index in [4.69, 9.17) is 0 Å². The van der Waals surface area contributed by atoms with Crippen LogP contribution in [0.3, 0.4) is 0 Å². The molecule has 1 aromatic carbocycles. The monoisotopic (exact) mass is 251 g/mol. The zero-order valence-corrected chi connectivity index (χ0v) is 11.1. The summed E-state index contributed by atoms with van der Waals surface area (Å²) in [5, 5.41) is 9.83. The molecular weight excluding hydrogens is 229 g/mol.